The fourth-order valence-electron chi connectivity index (χ4n) is 3.99. The van der Waals surface area contributed by atoms with Crippen LogP contribution in [-0.4, -0.2) is 66.5 Å². The van der Waals surface area contributed by atoms with E-state index in [9.17, 15) is 23.7 Å². The Morgan fingerprint density at radius 3 is 2.35 bits per heavy atom. The van der Waals surface area contributed by atoms with Crippen LogP contribution in [-0.2, 0) is 39.5 Å². The minimum absolute atomic E-state index is 0.0108. The highest BCUT2D eigenvalue weighted by atomic mass is 31.1. The van der Waals surface area contributed by atoms with Gasteiger partial charge in [-0.15, -0.1) is 0 Å². The van der Waals surface area contributed by atoms with Gasteiger partial charge in [-0.1, -0.05) is 0 Å². The number of methoxy groups -OCH3 is 3. The predicted octanol–water partition coefficient (Wildman–Crippen LogP) is 0.992. The van der Waals surface area contributed by atoms with E-state index >= 15 is 0 Å². The molecule has 4 atom stereocenters. The number of nitrogens with one attached hydrogen (secondary N) is 1. The van der Waals surface area contributed by atoms with Crippen molar-refractivity contribution in [3.05, 3.63) is 50.3 Å². The number of hydrogen-bond donors (Lipinski definition) is 2. The van der Waals surface area contributed by atoms with Gasteiger partial charge in [-0.25, -0.2) is 4.79 Å². The van der Waals surface area contributed by atoms with Crippen LogP contribution < -0.4 is 25.5 Å². The monoisotopic (exact) mass is 586 g/mol. The van der Waals surface area contributed by atoms with Gasteiger partial charge in [-0.3, -0.25) is 28.5 Å². The van der Waals surface area contributed by atoms with Gasteiger partial charge in [0.2, 0.25) is 5.75 Å². The van der Waals surface area contributed by atoms with E-state index in [4.69, 9.17) is 37.8 Å². The molecule has 0 aliphatic carbocycles. The molecule has 1 fully saturated rings. The molecule has 1 aliphatic heterocycles. The quantitative estimate of drug-likeness (QED) is 0.250. The topological polar surface area (TPSA) is 191 Å². The van der Waals surface area contributed by atoms with Gasteiger partial charge >= 0.3 is 25.9 Å². The summed E-state index contributed by atoms with van der Waals surface area (Å²) in [6.07, 6.45) is -2.22. The largest absolute Gasteiger partial charge is 0.493 e. The van der Waals surface area contributed by atoms with E-state index in [2.05, 4.69) is 4.98 Å². The van der Waals surface area contributed by atoms with Gasteiger partial charge in [0.1, 0.15) is 25.0 Å². The first-order valence-corrected chi connectivity index (χ1v) is 13.3. The number of H-pyrrole nitrogens is 1. The van der Waals surface area contributed by atoms with Gasteiger partial charge in [0.15, 0.2) is 11.5 Å². The van der Waals surface area contributed by atoms with E-state index in [1.54, 1.807) is 12.1 Å². The molecule has 1 saturated heterocycles. The van der Waals surface area contributed by atoms with Crippen molar-refractivity contribution in [2.24, 2.45) is 0 Å². The maximum absolute atomic E-state index is 12.5. The molecule has 2 N–H and O–H groups in total. The SMILES string of the molecule is COc1cc(COC(=O)CCC(=O)O[C@@H]2C[C@H](n3cc(C)c(=O)[nH]c3=O)OC2CO[PH](=O)O)cc(OC)c1OC. The maximum atomic E-state index is 12.5. The average molecular weight is 586 g/mol. The van der Waals surface area contributed by atoms with Crippen LogP contribution in [0.3, 0.4) is 0 Å². The summed E-state index contributed by atoms with van der Waals surface area (Å²) in [5, 5.41) is 0. The number of aryl methyl sites for hydroxylation is 1. The van der Waals surface area contributed by atoms with Crippen molar-refractivity contribution in [3.63, 3.8) is 0 Å². The zero-order chi connectivity index (χ0) is 29.4. The average Bonchev–Trinajstić information content (AvgIpc) is 3.32. The van der Waals surface area contributed by atoms with Crippen LogP contribution in [0.25, 0.3) is 0 Å². The van der Waals surface area contributed by atoms with Crippen LogP contribution >= 0.6 is 8.25 Å². The minimum atomic E-state index is -3.31. The van der Waals surface area contributed by atoms with Crippen LogP contribution in [0, 0.1) is 6.92 Å². The fourth-order valence-corrected chi connectivity index (χ4v) is 4.29. The summed E-state index contributed by atoms with van der Waals surface area (Å²) < 4.78 is 49.2. The van der Waals surface area contributed by atoms with E-state index < -0.39 is 56.5 Å². The molecule has 1 aliphatic rings. The summed E-state index contributed by atoms with van der Waals surface area (Å²) in [6, 6.07) is 3.25. The second-order valence-electron chi connectivity index (χ2n) is 8.64. The second-order valence-corrected chi connectivity index (χ2v) is 9.46. The summed E-state index contributed by atoms with van der Waals surface area (Å²) in [7, 11) is 1.07. The van der Waals surface area contributed by atoms with Crippen LogP contribution in [0.1, 0.15) is 36.6 Å². The number of ether oxygens (including phenoxy) is 6. The molecule has 0 bridgehead atoms. The number of carbonyl (C=O) groups excluding carboxylic acids is 2. The molecule has 1 aromatic heterocycles. The van der Waals surface area contributed by atoms with E-state index in [0.717, 1.165) is 4.57 Å². The number of benzene rings is 1. The van der Waals surface area contributed by atoms with Crippen LogP contribution in [0.5, 0.6) is 17.2 Å². The number of nitrogens with zero attached hydrogens (tertiary/aromatic N) is 1. The zero-order valence-corrected chi connectivity index (χ0v) is 23.3. The third kappa shape index (κ3) is 7.94. The highest BCUT2D eigenvalue weighted by Crippen LogP contribution is 2.38. The Labute approximate surface area is 228 Å². The Kier molecular flexibility index (Phi) is 10.9. The van der Waals surface area contributed by atoms with E-state index in [-0.39, 0.29) is 31.4 Å². The molecular weight excluding hydrogens is 555 g/mol. The van der Waals surface area contributed by atoms with E-state index in [1.165, 1.54) is 34.4 Å². The highest BCUT2D eigenvalue weighted by molar-refractivity contribution is 7.32. The number of aromatic amines is 1. The standard InChI is InChI=1S/C24H31N2O13P/c1-13-10-26(24(30)25-23(13)29)19-9-15(18(38-19)12-37-40(31)32)39-21(28)6-5-20(27)36-11-14-7-16(33-2)22(35-4)17(8-14)34-3/h7-8,10,15,18-19,40H,5-6,9,11-12H2,1-4H3,(H,31,32)(H,25,29,30)/t15-,18?,19-/m1/s1. The Morgan fingerprint density at radius 1 is 1.10 bits per heavy atom. The molecule has 16 heteroatoms. The molecule has 40 heavy (non-hydrogen) atoms. The van der Waals surface area contributed by atoms with Crippen molar-refractivity contribution in [2.75, 3.05) is 27.9 Å². The van der Waals surface area contributed by atoms with Crippen LogP contribution in [0.15, 0.2) is 27.9 Å². The lowest BCUT2D eigenvalue weighted by Crippen LogP contribution is -2.33. The molecule has 2 heterocycles. The molecule has 15 nitrogen and oxygen atoms in total. The molecule has 220 valence electrons. The molecule has 0 radical (unpaired) electrons. The Hall–Kier alpha value is -3.65. The summed E-state index contributed by atoms with van der Waals surface area (Å²) in [4.78, 5) is 59.9. The molecule has 0 saturated carbocycles. The van der Waals surface area contributed by atoms with Crippen molar-refractivity contribution >= 4 is 20.2 Å². The lowest BCUT2D eigenvalue weighted by atomic mass is 10.2. The number of rotatable bonds is 13. The lowest BCUT2D eigenvalue weighted by molar-refractivity contribution is -0.156. The lowest BCUT2D eigenvalue weighted by Gasteiger charge is -2.18. The number of carbonyl (C=O) groups is 2. The van der Waals surface area contributed by atoms with Gasteiger partial charge in [0, 0.05) is 18.2 Å². The van der Waals surface area contributed by atoms with Gasteiger partial charge in [0.05, 0.1) is 40.8 Å². The smallest absolute Gasteiger partial charge is 0.330 e. The summed E-state index contributed by atoms with van der Waals surface area (Å²) >= 11 is 0. The number of hydrogen-bond acceptors (Lipinski definition) is 12. The van der Waals surface area contributed by atoms with Gasteiger partial charge in [-0.05, 0) is 24.6 Å². The van der Waals surface area contributed by atoms with E-state index in [1.807, 2.05) is 0 Å². The van der Waals surface area contributed by atoms with Crippen LogP contribution in [0.4, 0.5) is 0 Å². The molecule has 0 spiro atoms. The molecule has 3 rings (SSSR count). The van der Waals surface area contributed by atoms with Crippen molar-refractivity contribution in [1.82, 2.24) is 9.55 Å². The van der Waals surface area contributed by atoms with Gasteiger partial charge in [-0.2, -0.15) is 0 Å². The summed E-state index contributed by atoms with van der Waals surface area (Å²) in [5.74, 6) is -0.265. The minimum Gasteiger partial charge on any atom is -0.493 e. The first kappa shape index (κ1) is 30.9. The Bertz CT molecular complexity index is 1330. The Balaban J connectivity index is 1.58. The first-order chi connectivity index (χ1) is 19.1. The number of aromatic nitrogens is 2. The van der Waals surface area contributed by atoms with Crippen molar-refractivity contribution in [2.45, 2.75) is 51.2 Å². The first-order valence-electron chi connectivity index (χ1n) is 12.0. The van der Waals surface area contributed by atoms with Gasteiger partial charge < -0.3 is 37.8 Å². The number of esters is 2. The molecule has 2 aromatic rings. The fraction of sp³-hybridized carbons (Fsp3) is 0.500. The summed E-state index contributed by atoms with van der Waals surface area (Å²) in [6.45, 7) is 0.993. The molecular formula is C24H31N2O13P. The van der Waals surface area contributed by atoms with E-state index in [0.29, 0.717) is 22.8 Å². The second kappa shape index (κ2) is 14.1. The maximum Gasteiger partial charge on any atom is 0.330 e. The normalized spacial score (nSPS) is 19.1. The van der Waals surface area contributed by atoms with Gasteiger partial charge in [0.25, 0.3) is 5.56 Å². The molecule has 0 amide bonds. The van der Waals surface area contributed by atoms with Crippen molar-refractivity contribution in [3.8, 4) is 17.2 Å². The molecule has 1 aromatic carbocycles. The third-order valence-electron chi connectivity index (χ3n) is 5.95. The third-order valence-corrected chi connectivity index (χ3v) is 6.36. The molecule has 2 unspecified atom stereocenters. The van der Waals surface area contributed by atoms with Crippen molar-refractivity contribution in [1.29, 1.82) is 0 Å². The predicted molar refractivity (Wildman–Crippen MR) is 137 cm³/mol. The zero-order valence-electron chi connectivity index (χ0n) is 22.3. The van der Waals surface area contributed by atoms with Crippen LogP contribution in [0.2, 0.25) is 0 Å². The Morgan fingerprint density at radius 2 is 1.75 bits per heavy atom. The highest BCUT2D eigenvalue weighted by Gasteiger charge is 2.40. The summed E-state index contributed by atoms with van der Waals surface area (Å²) in [5.41, 5.74) is -0.476. The van der Waals surface area contributed by atoms with Crippen molar-refractivity contribution < 1.29 is 52.0 Å².